The van der Waals surface area contributed by atoms with E-state index in [1.165, 1.54) is 0 Å². The van der Waals surface area contributed by atoms with E-state index in [0.29, 0.717) is 22.8 Å². The van der Waals surface area contributed by atoms with Crippen LogP contribution in [0.15, 0.2) is 42.5 Å². The maximum absolute atomic E-state index is 12.4. The molecule has 0 aliphatic rings. The van der Waals surface area contributed by atoms with Crippen LogP contribution in [0.25, 0.3) is 0 Å². The number of carbonyl (C=O) groups excluding carboxylic acids is 1. The van der Waals surface area contributed by atoms with Gasteiger partial charge in [-0.25, -0.2) is 0 Å². The van der Waals surface area contributed by atoms with Crippen molar-refractivity contribution in [2.75, 3.05) is 12.8 Å². The summed E-state index contributed by atoms with van der Waals surface area (Å²) in [5.74, 6) is -0.0574. The zero-order valence-corrected chi connectivity index (χ0v) is 12.3. The molecule has 0 aliphatic heterocycles. The van der Waals surface area contributed by atoms with Crippen LogP contribution < -0.4 is 5.73 Å². The number of amides is 1. The van der Waals surface area contributed by atoms with Crippen LogP contribution in [-0.2, 0) is 6.54 Å². The lowest BCUT2D eigenvalue weighted by Crippen LogP contribution is -2.26. The SMILES string of the molecule is Cc1cc(Cl)cc(C(=O)N(C)Cc2cccc(N)c2)c1. The van der Waals surface area contributed by atoms with Gasteiger partial charge in [-0.1, -0.05) is 23.7 Å². The van der Waals surface area contributed by atoms with Crippen molar-refractivity contribution < 1.29 is 4.79 Å². The predicted molar refractivity (Wildman–Crippen MR) is 82.8 cm³/mol. The number of aryl methyl sites for hydroxylation is 1. The highest BCUT2D eigenvalue weighted by Gasteiger charge is 2.13. The Bertz CT molecular complexity index is 620. The summed E-state index contributed by atoms with van der Waals surface area (Å²) >= 11 is 5.99. The average Bonchev–Trinajstić information content (AvgIpc) is 2.36. The third-order valence-electron chi connectivity index (χ3n) is 3.01. The summed E-state index contributed by atoms with van der Waals surface area (Å²) in [7, 11) is 1.77. The molecule has 0 unspecified atom stereocenters. The fourth-order valence-corrected chi connectivity index (χ4v) is 2.41. The Kier molecular flexibility index (Phi) is 4.30. The molecule has 0 atom stereocenters. The highest BCUT2D eigenvalue weighted by atomic mass is 35.5. The standard InChI is InChI=1S/C16H17ClN2O/c1-11-6-13(9-14(17)7-11)16(20)19(2)10-12-4-3-5-15(18)8-12/h3-9H,10,18H2,1-2H3. The normalized spacial score (nSPS) is 10.3. The van der Waals surface area contributed by atoms with Gasteiger partial charge in [0, 0.05) is 29.9 Å². The lowest BCUT2D eigenvalue weighted by molar-refractivity contribution is 0.0785. The van der Waals surface area contributed by atoms with E-state index in [4.69, 9.17) is 17.3 Å². The lowest BCUT2D eigenvalue weighted by Gasteiger charge is -2.18. The Hall–Kier alpha value is -2.00. The number of anilines is 1. The topological polar surface area (TPSA) is 46.3 Å². The molecule has 2 rings (SSSR count). The van der Waals surface area contributed by atoms with E-state index in [2.05, 4.69) is 0 Å². The van der Waals surface area contributed by atoms with Crippen LogP contribution in [0.2, 0.25) is 5.02 Å². The maximum atomic E-state index is 12.4. The number of nitrogens with zero attached hydrogens (tertiary/aromatic N) is 1. The molecule has 0 heterocycles. The molecule has 0 spiro atoms. The van der Waals surface area contributed by atoms with Crippen LogP contribution in [0.5, 0.6) is 0 Å². The number of benzene rings is 2. The summed E-state index contributed by atoms with van der Waals surface area (Å²) in [5.41, 5.74) is 9.01. The van der Waals surface area contributed by atoms with Crippen molar-refractivity contribution in [3.05, 3.63) is 64.2 Å². The molecule has 0 saturated carbocycles. The molecule has 0 aliphatic carbocycles. The Morgan fingerprint density at radius 3 is 2.65 bits per heavy atom. The van der Waals surface area contributed by atoms with Gasteiger partial charge in [-0.3, -0.25) is 4.79 Å². The quantitative estimate of drug-likeness (QED) is 0.879. The smallest absolute Gasteiger partial charge is 0.253 e. The molecule has 0 bridgehead atoms. The van der Waals surface area contributed by atoms with E-state index in [9.17, 15) is 4.79 Å². The number of hydrogen-bond acceptors (Lipinski definition) is 2. The number of halogens is 1. The molecule has 104 valence electrons. The number of hydrogen-bond donors (Lipinski definition) is 1. The van der Waals surface area contributed by atoms with Crippen LogP contribution >= 0.6 is 11.6 Å². The van der Waals surface area contributed by atoms with Crippen molar-refractivity contribution in [1.82, 2.24) is 4.90 Å². The summed E-state index contributed by atoms with van der Waals surface area (Å²) in [6, 6.07) is 12.9. The minimum absolute atomic E-state index is 0.0574. The molecule has 0 saturated heterocycles. The third kappa shape index (κ3) is 3.52. The van der Waals surface area contributed by atoms with E-state index in [1.54, 1.807) is 18.0 Å². The average molecular weight is 289 g/mol. The minimum atomic E-state index is -0.0574. The molecule has 4 heteroatoms. The third-order valence-corrected chi connectivity index (χ3v) is 3.22. The van der Waals surface area contributed by atoms with Gasteiger partial charge in [-0.05, 0) is 48.4 Å². The fraction of sp³-hybridized carbons (Fsp3) is 0.188. The molecule has 2 aromatic carbocycles. The summed E-state index contributed by atoms with van der Waals surface area (Å²) in [6.45, 7) is 2.43. The van der Waals surface area contributed by atoms with Gasteiger partial charge in [0.05, 0.1) is 0 Å². The second kappa shape index (κ2) is 5.97. The van der Waals surface area contributed by atoms with Crippen LogP contribution in [0.1, 0.15) is 21.5 Å². The van der Waals surface area contributed by atoms with Gasteiger partial charge in [0.2, 0.25) is 0 Å². The summed E-state index contributed by atoms with van der Waals surface area (Å²) in [4.78, 5) is 14.0. The first kappa shape index (κ1) is 14.4. The fourth-order valence-electron chi connectivity index (χ4n) is 2.12. The first-order valence-corrected chi connectivity index (χ1v) is 6.70. The highest BCUT2D eigenvalue weighted by Crippen LogP contribution is 2.17. The summed E-state index contributed by atoms with van der Waals surface area (Å²) < 4.78 is 0. The molecule has 0 aromatic heterocycles. The molecule has 1 amide bonds. The van der Waals surface area contributed by atoms with Gasteiger partial charge in [-0.2, -0.15) is 0 Å². The van der Waals surface area contributed by atoms with Gasteiger partial charge in [-0.15, -0.1) is 0 Å². The first-order valence-electron chi connectivity index (χ1n) is 6.33. The monoisotopic (exact) mass is 288 g/mol. The van der Waals surface area contributed by atoms with E-state index >= 15 is 0 Å². The van der Waals surface area contributed by atoms with Crippen molar-refractivity contribution >= 4 is 23.2 Å². The molecule has 0 radical (unpaired) electrons. The Labute approximate surface area is 124 Å². The predicted octanol–water partition coefficient (Wildman–Crippen LogP) is 3.50. The molecule has 0 fully saturated rings. The zero-order chi connectivity index (χ0) is 14.7. The van der Waals surface area contributed by atoms with E-state index in [1.807, 2.05) is 43.3 Å². The van der Waals surface area contributed by atoms with E-state index < -0.39 is 0 Å². The van der Waals surface area contributed by atoms with Gasteiger partial charge in [0.25, 0.3) is 5.91 Å². The van der Waals surface area contributed by atoms with Crippen LogP contribution in [0.3, 0.4) is 0 Å². The first-order chi connectivity index (χ1) is 9.45. The second-order valence-corrected chi connectivity index (χ2v) is 5.36. The number of carbonyl (C=O) groups is 1. The van der Waals surface area contributed by atoms with Crippen molar-refractivity contribution in [2.45, 2.75) is 13.5 Å². The van der Waals surface area contributed by atoms with Crippen molar-refractivity contribution in [1.29, 1.82) is 0 Å². The minimum Gasteiger partial charge on any atom is -0.399 e. The summed E-state index contributed by atoms with van der Waals surface area (Å²) in [5, 5.41) is 0.575. The van der Waals surface area contributed by atoms with Crippen LogP contribution in [0.4, 0.5) is 5.69 Å². The van der Waals surface area contributed by atoms with Crippen LogP contribution in [-0.4, -0.2) is 17.9 Å². The van der Waals surface area contributed by atoms with Crippen molar-refractivity contribution in [3.63, 3.8) is 0 Å². The van der Waals surface area contributed by atoms with Crippen molar-refractivity contribution in [3.8, 4) is 0 Å². The lowest BCUT2D eigenvalue weighted by atomic mass is 10.1. The second-order valence-electron chi connectivity index (χ2n) is 4.92. The molecule has 20 heavy (non-hydrogen) atoms. The Morgan fingerprint density at radius 2 is 2.00 bits per heavy atom. The Balaban J connectivity index is 2.16. The largest absolute Gasteiger partial charge is 0.399 e. The molecular formula is C16H17ClN2O. The van der Waals surface area contributed by atoms with Crippen LogP contribution in [0, 0.1) is 6.92 Å². The van der Waals surface area contributed by atoms with Gasteiger partial charge in [0.1, 0.15) is 0 Å². The Morgan fingerprint density at radius 1 is 1.25 bits per heavy atom. The maximum Gasteiger partial charge on any atom is 0.253 e. The summed E-state index contributed by atoms with van der Waals surface area (Å²) in [6.07, 6.45) is 0. The number of nitrogen functional groups attached to an aromatic ring is 1. The molecule has 3 nitrogen and oxygen atoms in total. The molecular weight excluding hydrogens is 272 g/mol. The van der Waals surface area contributed by atoms with E-state index in [0.717, 1.165) is 11.1 Å². The molecule has 2 N–H and O–H groups in total. The van der Waals surface area contributed by atoms with E-state index in [-0.39, 0.29) is 5.91 Å². The zero-order valence-electron chi connectivity index (χ0n) is 11.6. The van der Waals surface area contributed by atoms with Crippen molar-refractivity contribution in [2.24, 2.45) is 0 Å². The molecule has 2 aromatic rings. The highest BCUT2D eigenvalue weighted by molar-refractivity contribution is 6.31. The van der Waals surface area contributed by atoms with Gasteiger partial charge >= 0.3 is 0 Å². The number of nitrogens with two attached hydrogens (primary N) is 1. The number of rotatable bonds is 3. The van der Waals surface area contributed by atoms with Gasteiger partial charge < -0.3 is 10.6 Å². The van der Waals surface area contributed by atoms with Gasteiger partial charge in [0.15, 0.2) is 0 Å².